The standard InChI is InChI=1S/C57H105NO5/c1-4-7-10-13-16-19-22-25-27-28-30-32-35-38-41-44-47-50-57(62)63-53(48-45-42-39-36-33-31-29-26-23-20-17-14-11-8-5-2)51-56(61)58-54(52-59)55(60)49-46-43-40-37-34-24-21-18-15-12-9-6-3/h16,19,25-27,29-30,32,53-55,59-60H,4-15,17-18,20-24,28,31,33-52H2,1-3H3,(H,58,61)/b19-16-,27-25-,29-26+,32-30-. The first-order chi connectivity index (χ1) is 31.0. The van der Waals surface area contributed by atoms with Crippen molar-refractivity contribution < 1.29 is 24.5 Å². The van der Waals surface area contributed by atoms with Gasteiger partial charge in [0.2, 0.25) is 5.91 Å². The van der Waals surface area contributed by atoms with Crippen LogP contribution < -0.4 is 5.32 Å². The van der Waals surface area contributed by atoms with Crippen LogP contribution in [-0.2, 0) is 14.3 Å². The highest BCUT2D eigenvalue weighted by Crippen LogP contribution is 2.18. The van der Waals surface area contributed by atoms with Gasteiger partial charge < -0.3 is 20.3 Å². The molecule has 0 fully saturated rings. The molecule has 6 heteroatoms. The second kappa shape index (κ2) is 50.8. The van der Waals surface area contributed by atoms with Crippen molar-refractivity contribution in [3.63, 3.8) is 0 Å². The Morgan fingerprint density at radius 1 is 0.460 bits per heavy atom. The number of hydrogen-bond acceptors (Lipinski definition) is 5. The lowest BCUT2D eigenvalue weighted by Gasteiger charge is -2.24. The van der Waals surface area contributed by atoms with E-state index in [1.165, 1.54) is 141 Å². The highest BCUT2D eigenvalue weighted by molar-refractivity contribution is 5.77. The largest absolute Gasteiger partial charge is 0.462 e. The molecule has 3 N–H and O–H groups in total. The van der Waals surface area contributed by atoms with E-state index in [-0.39, 0.29) is 24.9 Å². The Bertz CT molecular complexity index is 1080. The van der Waals surface area contributed by atoms with Crippen LogP contribution in [0.2, 0.25) is 0 Å². The summed E-state index contributed by atoms with van der Waals surface area (Å²) in [4.78, 5) is 26.2. The predicted molar refractivity (Wildman–Crippen MR) is 273 cm³/mol. The van der Waals surface area contributed by atoms with Gasteiger partial charge in [0.1, 0.15) is 6.10 Å². The molecule has 0 aromatic rings. The summed E-state index contributed by atoms with van der Waals surface area (Å²) >= 11 is 0. The van der Waals surface area contributed by atoms with Crippen LogP contribution in [-0.4, -0.2) is 46.9 Å². The van der Waals surface area contributed by atoms with Gasteiger partial charge in [0.15, 0.2) is 0 Å². The van der Waals surface area contributed by atoms with Crippen molar-refractivity contribution in [3.8, 4) is 0 Å². The molecular formula is C57H105NO5. The molecule has 3 atom stereocenters. The SMILES string of the molecule is CCCCC/C=C\C/C=C\C/C=C\CCCCCCC(=O)OC(CCCCCCC/C=C/CCCCCCCC)CC(=O)NC(CO)C(O)CCCCCCCCCCCCCC. The zero-order chi connectivity index (χ0) is 45.9. The van der Waals surface area contributed by atoms with E-state index in [4.69, 9.17) is 4.74 Å². The molecule has 0 aliphatic rings. The maximum atomic E-state index is 13.2. The maximum absolute atomic E-state index is 13.2. The molecule has 3 unspecified atom stereocenters. The molecule has 0 saturated heterocycles. The first kappa shape index (κ1) is 60.8. The average molecular weight is 884 g/mol. The van der Waals surface area contributed by atoms with Crippen molar-refractivity contribution >= 4 is 11.9 Å². The summed E-state index contributed by atoms with van der Waals surface area (Å²) in [6.45, 7) is 6.46. The summed E-state index contributed by atoms with van der Waals surface area (Å²) < 4.78 is 5.94. The van der Waals surface area contributed by atoms with E-state index in [1.807, 2.05) is 0 Å². The highest BCUT2D eigenvalue weighted by atomic mass is 16.5. The third-order valence-corrected chi connectivity index (χ3v) is 12.4. The predicted octanol–water partition coefficient (Wildman–Crippen LogP) is 16.6. The second-order valence-corrected chi connectivity index (χ2v) is 18.6. The monoisotopic (exact) mass is 884 g/mol. The molecule has 63 heavy (non-hydrogen) atoms. The Hall–Kier alpha value is -2.18. The van der Waals surface area contributed by atoms with E-state index >= 15 is 0 Å². The molecule has 0 aromatic carbocycles. The molecule has 0 aliphatic heterocycles. The van der Waals surface area contributed by atoms with E-state index in [0.717, 1.165) is 89.9 Å². The van der Waals surface area contributed by atoms with Crippen molar-refractivity contribution in [1.82, 2.24) is 5.32 Å². The molecule has 1 amide bonds. The van der Waals surface area contributed by atoms with E-state index in [0.29, 0.717) is 19.3 Å². The van der Waals surface area contributed by atoms with Gasteiger partial charge in [-0.2, -0.15) is 0 Å². The third-order valence-electron chi connectivity index (χ3n) is 12.4. The second-order valence-electron chi connectivity index (χ2n) is 18.6. The fourth-order valence-electron chi connectivity index (χ4n) is 8.20. The molecule has 0 aromatic heterocycles. The number of nitrogens with one attached hydrogen (secondary N) is 1. The van der Waals surface area contributed by atoms with Crippen LogP contribution >= 0.6 is 0 Å². The van der Waals surface area contributed by atoms with Crippen LogP contribution in [0.25, 0.3) is 0 Å². The lowest BCUT2D eigenvalue weighted by Crippen LogP contribution is -2.46. The quantitative estimate of drug-likeness (QED) is 0.0321. The summed E-state index contributed by atoms with van der Waals surface area (Å²) in [7, 11) is 0. The number of esters is 1. The molecule has 0 radical (unpaired) electrons. The number of carbonyl (C=O) groups is 2. The van der Waals surface area contributed by atoms with Crippen molar-refractivity contribution in [2.45, 2.75) is 296 Å². The van der Waals surface area contributed by atoms with Crippen LogP contribution in [0.15, 0.2) is 48.6 Å². The summed E-state index contributed by atoms with van der Waals surface area (Å²) in [6, 6.07) is -0.708. The number of aliphatic hydroxyl groups is 2. The Labute approximate surface area is 391 Å². The van der Waals surface area contributed by atoms with Crippen molar-refractivity contribution in [2.24, 2.45) is 0 Å². The summed E-state index contributed by atoms with van der Waals surface area (Å²) in [5.74, 6) is -0.500. The third kappa shape index (κ3) is 46.2. The Morgan fingerprint density at radius 2 is 0.810 bits per heavy atom. The lowest BCUT2D eigenvalue weighted by molar-refractivity contribution is -0.151. The number of unbranched alkanes of at least 4 members (excludes halogenated alkanes) is 29. The van der Waals surface area contributed by atoms with Crippen molar-refractivity contribution in [3.05, 3.63) is 48.6 Å². The Morgan fingerprint density at radius 3 is 1.27 bits per heavy atom. The minimum atomic E-state index is -0.793. The zero-order valence-corrected chi connectivity index (χ0v) is 42.0. The number of allylic oxidation sites excluding steroid dienone is 8. The summed E-state index contributed by atoms with van der Waals surface area (Å²) in [6.07, 6.45) is 61.7. The zero-order valence-electron chi connectivity index (χ0n) is 42.0. The maximum Gasteiger partial charge on any atom is 0.306 e. The lowest BCUT2D eigenvalue weighted by atomic mass is 10.0. The number of ether oxygens (including phenoxy) is 1. The van der Waals surface area contributed by atoms with Crippen LogP contribution in [0.4, 0.5) is 0 Å². The van der Waals surface area contributed by atoms with Gasteiger partial charge in [0, 0.05) is 6.42 Å². The Kier molecular flexibility index (Phi) is 49.1. The van der Waals surface area contributed by atoms with E-state index in [9.17, 15) is 19.8 Å². The van der Waals surface area contributed by atoms with E-state index in [1.54, 1.807) is 0 Å². The number of carbonyl (C=O) groups excluding carboxylic acids is 2. The molecule has 0 heterocycles. The molecule has 368 valence electrons. The van der Waals surface area contributed by atoms with Gasteiger partial charge in [-0.05, 0) is 89.9 Å². The highest BCUT2D eigenvalue weighted by Gasteiger charge is 2.24. The fourth-order valence-corrected chi connectivity index (χ4v) is 8.20. The average Bonchev–Trinajstić information content (AvgIpc) is 3.28. The minimum absolute atomic E-state index is 0.0637. The van der Waals surface area contributed by atoms with Crippen molar-refractivity contribution in [2.75, 3.05) is 6.61 Å². The van der Waals surface area contributed by atoms with Gasteiger partial charge in [-0.3, -0.25) is 9.59 Å². The van der Waals surface area contributed by atoms with Gasteiger partial charge in [0.25, 0.3) is 0 Å². The van der Waals surface area contributed by atoms with Gasteiger partial charge >= 0.3 is 5.97 Å². The number of hydrogen-bond donors (Lipinski definition) is 3. The van der Waals surface area contributed by atoms with Crippen LogP contribution in [0.1, 0.15) is 278 Å². The molecule has 0 aliphatic carbocycles. The number of rotatable bonds is 49. The molecule has 0 rings (SSSR count). The molecule has 6 nitrogen and oxygen atoms in total. The first-order valence-corrected chi connectivity index (χ1v) is 27.4. The van der Waals surface area contributed by atoms with Crippen LogP contribution in [0, 0.1) is 0 Å². The number of aliphatic hydroxyl groups excluding tert-OH is 2. The van der Waals surface area contributed by atoms with E-state index < -0.39 is 18.2 Å². The van der Waals surface area contributed by atoms with Gasteiger partial charge in [-0.1, -0.05) is 223 Å². The van der Waals surface area contributed by atoms with Gasteiger partial charge in [-0.25, -0.2) is 0 Å². The topological polar surface area (TPSA) is 95.9 Å². The molecule has 0 saturated carbocycles. The minimum Gasteiger partial charge on any atom is -0.462 e. The van der Waals surface area contributed by atoms with Crippen LogP contribution in [0.3, 0.4) is 0 Å². The molecule has 0 bridgehead atoms. The van der Waals surface area contributed by atoms with Crippen molar-refractivity contribution in [1.29, 1.82) is 0 Å². The molecular weight excluding hydrogens is 779 g/mol. The van der Waals surface area contributed by atoms with Gasteiger partial charge in [0.05, 0.1) is 25.2 Å². The summed E-state index contributed by atoms with van der Waals surface area (Å²) in [5, 5.41) is 23.8. The Balaban J connectivity index is 4.62. The number of amides is 1. The van der Waals surface area contributed by atoms with Crippen LogP contribution in [0.5, 0.6) is 0 Å². The van der Waals surface area contributed by atoms with Gasteiger partial charge in [-0.15, -0.1) is 0 Å². The normalized spacial score (nSPS) is 13.5. The summed E-state index contributed by atoms with van der Waals surface area (Å²) in [5.41, 5.74) is 0. The fraction of sp³-hybridized carbons (Fsp3) is 0.825. The smallest absolute Gasteiger partial charge is 0.306 e. The first-order valence-electron chi connectivity index (χ1n) is 27.4. The molecule has 0 spiro atoms. The van der Waals surface area contributed by atoms with E-state index in [2.05, 4.69) is 74.7 Å².